The van der Waals surface area contributed by atoms with Gasteiger partial charge < -0.3 is 15.2 Å². The maximum Gasteiger partial charge on any atom is 0.256 e. The number of nitrogens with one attached hydrogen (secondary N) is 2. The van der Waals surface area contributed by atoms with Crippen LogP contribution in [0, 0.1) is 0 Å². The molecule has 0 radical (unpaired) electrons. The van der Waals surface area contributed by atoms with Crippen LogP contribution in [0.1, 0.15) is 20.7 Å². The summed E-state index contributed by atoms with van der Waals surface area (Å²) < 4.78 is 3.48. The maximum atomic E-state index is 12.4. The molecule has 128 valence electrons. The predicted octanol–water partition coefficient (Wildman–Crippen LogP) is 1.37. The number of hydrogen-bond donors (Lipinski definition) is 2. The first-order valence-electron chi connectivity index (χ1n) is 7.93. The van der Waals surface area contributed by atoms with Crippen LogP contribution in [0.25, 0.3) is 5.82 Å². The van der Waals surface area contributed by atoms with Crippen LogP contribution in [-0.4, -0.2) is 39.3 Å². The molecule has 3 rings (SSSR count). The van der Waals surface area contributed by atoms with Crippen LogP contribution in [0.5, 0.6) is 0 Å². The van der Waals surface area contributed by atoms with E-state index < -0.39 is 0 Å². The number of hydrogen-bond acceptors (Lipinski definition) is 3. The van der Waals surface area contributed by atoms with Gasteiger partial charge in [-0.25, -0.2) is 0 Å². The highest BCUT2D eigenvalue weighted by molar-refractivity contribution is 5.97. The first-order valence-corrected chi connectivity index (χ1v) is 7.93. The summed E-state index contributed by atoms with van der Waals surface area (Å²) in [4.78, 5) is 24.3. The Bertz CT molecular complexity index is 853. The zero-order valence-electron chi connectivity index (χ0n) is 13.8. The zero-order valence-corrected chi connectivity index (χ0v) is 13.8. The summed E-state index contributed by atoms with van der Waals surface area (Å²) in [6, 6.07) is 12.7. The summed E-state index contributed by atoms with van der Waals surface area (Å²) in [5.74, 6) is 0.297. The molecule has 0 unspecified atom stereocenters. The average molecular weight is 337 g/mol. The molecule has 0 bridgehead atoms. The van der Waals surface area contributed by atoms with Crippen molar-refractivity contribution in [1.82, 2.24) is 25.0 Å². The number of rotatable bonds is 6. The fourth-order valence-electron chi connectivity index (χ4n) is 2.51. The molecule has 3 aromatic rings. The van der Waals surface area contributed by atoms with Gasteiger partial charge in [0.25, 0.3) is 11.8 Å². The molecule has 2 heterocycles. The monoisotopic (exact) mass is 337 g/mol. The lowest BCUT2D eigenvalue weighted by Crippen LogP contribution is -2.35. The Hall–Kier alpha value is -3.35. The summed E-state index contributed by atoms with van der Waals surface area (Å²) in [5, 5.41) is 9.73. The van der Waals surface area contributed by atoms with Crippen LogP contribution >= 0.6 is 0 Å². The molecule has 25 heavy (non-hydrogen) atoms. The molecule has 0 saturated heterocycles. The minimum atomic E-state index is -0.231. The first kappa shape index (κ1) is 16.5. The number of aryl methyl sites for hydroxylation is 1. The van der Waals surface area contributed by atoms with E-state index in [9.17, 15) is 9.59 Å². The lowest BCUT2D eigenvalue weighted by atomic mass is 10.2. The molecule has 0 aliphatic heterocycles. The van der Waals surface area contributed by atoms with Crippen LogP contribution in [0.15, 0.2) is 61.1 Å². The molecule has 0 spiro atoms. The molecule has 0 atom stereocenters. The van der Waals surface area contributed by atoms with E-state index in [2.05, 4.69) is 15.7 Å². The van der Waals surface area contributed by atoms with Gasteiger partial charge in [-0.05, 0) is 24.3 Å². The van der Waals surface area contributed by atoms with E-state index in [1.54, 1.807) is 23.9 Å². The van der Waals surface area contributed by atoms with Crippen molar-refractivity contribution in [2.45, 2.75) is 0 Å². The van der Waals surface area contributed by atoms with Crippen molar-refractivity contribution in [3.63, 3.8) is 0 Å². The Morgan fingerprint density at radius 3 is 2.28 bits per heavy atom. The Morgan fingerprint density at radius 1 is 0.960 bits per heavy atom. The lowest BCUT2D eigenvalue weighted by molar-refractivity contribution is 0.0927. The molecule has 0 aliphatic rings. The van der Waals surface area contributed by atoms with Crippen molar-refractivity contribution in [3.8, 4) is 5.82 Å². The zero-order chi connectivity index (χ0) is 17.6. The van der Waals surface area contributed by atoms with Gasteiger partial charge in [0.05, 0.1) is 6.20 Å². The van der Waals surface area contributed by atoms with E-state index in [1.807, 2.05) is 47.3 Å². The number of carbonyl (C=O) groups excluding carboxylic acids is 2. The predicted molar refractivity (Wildman–Crippen MR) is 93.6 cm³/mol. The number of amides is 2. The van der Waals surface area contributed by atoms with E-state index in [4.69, 9.17) is 0 Å². The molecule has 2 aromatic heterocycles. The van der Waals surface area contributed by atoms with Gasteiger partial charge in [0.15, 0.2) is 0 Å². The smallest absolute Gasteiger partial charge is 0.256 e. The van der Waals surface area contributed by atoms with Crippen LogP contribution in [0.4, 0.5) is 0 Å². The van der Waals surface area contributed by atoms with Crippen molar-refractivity contribution in [2.24, 2.45) is 7.05 Å². The third-order valence-corrected chi connectivity index (χ3v) is 3.73. The minimum Gasteiger partial charge on any atom is -0.350 e. The third kappa shape index (κ3) is 3.77. The fraction of sp³-hybridized carbons (Fsp3) is 0.167. The standard InChI is InChI=1S/C18H19N5O2/c1-22-18(23-11-5-6-12-23)15(13-21-22)17(25)20-10-9-19-16(24)14-7-3-2-4-8-14/h2-8,11-13H,9-10H2,1H3,(H,19,24)(H,20,25). The normalized spacial score (nSPS) is 10.4. The fourth-order valence-corrected chi connectivity index (χ4v) is 2.51. The number of benzene rings is 1. The molecule has 0 saturated carbocycles. The first-order chi connectivity index (χ1) is 12.2. The second kappa shape index (κ2) is 7.48. The second-order valence-corrected chi connectivity index (χ2v) is 5.47. The van der Waals surface area contributed by atoms with Gasteiger partial charge >= 0.3 is 0 Å². The van der Waals surface area contributed by atoms with E-state index in [-0.39, 0.29) is 11.8 Å². The summed E-state index contributed by atoms with van der Waals surface area (Å²) in [6.07, 6.45) is 5.25. The molecule has 0 aliphatic carbocycles. The number of nitrogens with zero attached hydrogens (tertiary/aromatic N) is 3. The summed E-state index contributed by atoms with van der Waals surface area (Å²) in [7, 11) is 1.78. The van der Waals surface area contributed by atoms with Gasteiger partial charge in [0.2, 0.25) is 0 Å². The Labute approximate surface area is 145 Å². The van der Waals surface area contributed by atoms with Crippen molar-refractivity contribution in [2.75, 3.05) is 13.1 Å². The number of aromatic nitrogens is 3. The molecule has 7 heteroatoms. The molecule has 7 nitrogen and oxygen atoms in total. The van der Waals surface area contributed by atoms with Gasteiger partial charge in [-0.1, -0.05) is 18.2 Å². The molecular formula is C18H19N5O2. The van der Waals surface area contributed by atoms with E-state index >= 15 is 0 Å². The Morgan fingerprint density at radius 2 is 1.60 bits per heavy atom. The quantitative estimate of drug-likeness (QED) is 0.667. The number of carbonyl (C=O) groups is 2. The van der Waals surface area contributed by atoms with Gasteiger partial charge in [-0.2, -0.15) is 5.10 Å². The molecular weight excluding hydrogens is 318 g/mol. The van der Waals surface area contributed by atoms with E-state index in [1.165, 1.54) is 6.20 Å². The van der Waals surface area contributed by atoms with Crippen LogP contribution in [0.2, 0.25) is 0 Å². The highest BCUT2D eigenvalue weighted by Gasteiger charge is 2.16. The van der Waals surface area contributed by atoms with Crippen molar-refractivity contribution in [1.29, 1.82) is 0 Å². The molecule has 2 N–H and O–H groups in total. The lowest BCUT2D eigenvalue weighted by Gasteiger charge is -2.09. The van der Waals surface area contributed by atoms with Crippen molar-refractivity contribution in [3.05, 3.63) is 72.2 Å². The molecule has 0 fully saturated rings. The van der Waals surface area contributed by atoms with Crippen molar-refractivity contribution >= 4 is 11.8 Å². The van der Waals surface area contributed by atoms with Crippen molar-refractivity contribution < 1.29 is 9.59 Å². The third-order valence-electron chi connectivity index (χ3n) is 3.73. The topological polar surface area (TPSA) is 81.0 Å². The van der Waals surface area contributed by atoms with Gasteiger partial charge in [-0.3, -0.25) is 14.3 Å². The molecule has 1 aromatic carbocycles. The van der Waals surface area contributed by atoms with E-state index in [0.717, 1.165) is 0 Å². The Kier molecular flexibility index (Phi) is 4.94. The van der Waals surface area contributed by atoms with Crippen LogP contribution < -0.4 is 10.6 Å². The van der Waals surface area contributed by atoms with Gasteiger partial charge in [0.1, 0.15) is 11.4 Å². The van der Waals surface area contributed by atoms with E-state index in [0.29, 0.717) is 30.0 Å². The largest absolute Gasteiger partial charge is 0.350 e. The van der Waals surface area contributed by atoms with Gasteiger partial charge in [0, 0.05) is 38.1 Å². The minimum absolute atomic E-state index is 0.163. The van der Waals surface area contributed by atoms with Gasteiger partial charge in [-0.15, -0.1) is 0 Å². The van der Waals surface area contributed by atoms with Crippen LogP contribution in [0.3, 0.4) is 0 Å². The SMILES string of the molecule is Cn1ncc(C(=O)NCCNC(=O)c2ccccc2)c1-n1cccc1. The highest BCUT2D eigenvalue weighted by atomic mass is 16.2. The highest BCUT2D eigenvalue weighted by Crippen LogP contribution is 2.13. The summed E-state index contributed by atoms with van der Waals surface area (Å²) in [5.41, 5.74) is 1.07. The second-order valence-electron chi connectivity index (χ2n) is 5.47. The summed E-state index contributed by atoms with van der Waals surface area (Å²) in [6.45, 7) is 0.677. The maximum absolute atomic E-state index is 12.4. The average Bonchev–Trinajstić information content (AvgIpc) is 3.28. The van der Waals surface area contributed by atoms with Crippen LogP contribution in [-0.2, 0) is 7.05 Å². The molecule has 2 amide bonds. The Balaban J connectivity index is 1.55. The summed E-state index contributed by atoms with van der Waals surface area (Å²) >= 11 is 0.